The lowest BCUT2D eigenvalue weighted by Gasteiger charge is -2.38. The predicted molar refractivity (Wildman–Crippen MR) is 56.9 cm³/mol. The van der Waals surface area contributed by atoms with E-state index in [1.165, 1.54) is 25.7 Å². The number of carbonyl (C=O) groups is 1. The van der Waals surface area contributed by atoms with E-state index in [9.17, 15) is 4.79 Å². The first kappa shape index (κ1) is 10.2. The molecule has 2 saturated carbocycles. The van der Waals surface area contributed by atoms with Crippen molar-refractivity contribution in [3.63, 3.8) is 0 Å². The summed E-state index contributed by atoms with van der Waals surface area (Å²) >= 11 is 0. The summed E-state index contributed by atoms with van der Waals surface area (Å²) in [6.07, 6.45) is 8.39. The number of carbonyl (C=O) groups excluding carboxylic acids is 1. The zero-order valence-electron chi connectivity index (χ0n) is 9.09. The maximum absolute atomic E-state index is 11.7. The lowest BCUT2D eigenvalue weighted by molar-refractivity contribution is -0.128. The zero-order chi connectivity index (χ0) is 10.2. The molecule has 0 aliphatic heterocycles. The minimum Gasteiger partial charge on any atom is -0.327 e. The maximum atomic E-state index is 11.7. The molecule has 0 aromatic carbocycles. The Balaban J connectivity index is 2.08. The van der Waals surface area contributed by atoms with Gasteiger partial charge in [0.15, 0.2) is 0 Å². The number of nitrogens with two attached hydrogens (primary N) is 1. The highest BCUT2D eigenvalue weighted by atomic mass is 16.1. The summed E-state index contributed by atoms with van der Waals surface area (Å²) < 4.78 is 0. The molecule has 80 valence electrons. The van der Waals surface area contributed by atoms with Crippen molar-refractivity contribution in [2.75, 3.05) is 0 Å². The van der Waals surface area contributed by atoms with E-state index in [4.69, 9.17) is 5.73 Å². The Kier molecular flexibility index (Phi) is 2.65. The van der Waals surface area contributed by atoms with Crippen molar-refractivity contribution in [3.8, 4) is 0 Å². The van der Waals surface area contributed by atoms with Gasteiger partial charge in [0.25, 0.3) is 0 Å². The first-order valence-electron chi connectivity index (χ1n) is 5.91. The number of hydrogen-bond donors (Lipinski definition) is 1. The lowest BCUT2D eigenvalue weighted by Crippen LogP contribution is -2.41. The summed E-state index contributed by atoms with van der Waals surface area (Å²) in [6, 6.07) is 0.0558. The van der Waals surface area contributed by atoms with Gasteiger partial charge >= 0.3 is 0 Å². The Morgan fingerprint density at radius 1 is 1.36 bits per heavy atom. The third kappa shape index (κ3) is 1.72. The first-order valence-corrected chi connectivity index (χ1v) is 5.91. The van der Waals surface area contributed by atoms with Crippen LogP contribution in [0.4, 0.5) is 0 Å². The molecule has 14 heavy (non-hydrogen) atoms. The van der Waals surface area contributed by atoms with E-state index in [2.05, 4.69) is 0 Å². The third-order valence-electron chi connectivity index (χ3n) is 4.27. The molecule has 0 bridgehead atoms. The highest BCUT2D eigenvalue weighted by Gasteiger charge is 2.42. The third-order valence-corrected chi connectivity index (χ3v) is 4.27. The molecule has 0 saturated heterocycles. The van der Waals surface area contributed by atoms with Gasteiger partial charge in [0.2, 0.25) is 0 Å². The molecular formula is C12H21NO. The monoisotopic (exact) mass is 195 g/mol. The van der Waals surface area contributed by atoms with Gasteiger partial charge in [-0.1, -0.05) is 12.8 Å². The fourth-order valence-corrected chi connectivity index (χ4v) is 3.31. The molecule has 0 radical (unpaired) electrons. The Hall–Kier alpha value is -0.370. The van der Waals surface area contributed by atoms with Gasteiger partial charge in [-0.15, -0.1) is 0 Å². The molecule has 2 atom stereocenters. The summed E-state index contributed by atoms with van der Waals surface area (Å²) in [5, 5.41) is 0. The summed E-state index contributed by atoms with van der Waals surface area (Å²) in [5.74, 6) is 0.569. The standard InChI is InChI=1S/C12H21NO/c1-9(13)10-8-12(5-2-3-6-12)7-4-11(10)14/h9-10H,2-8,13H2,1H3. The van der Waals surface area contributed by atoms with Crippen molar-refractivity contribution in [1.29, 1.82) is 0 Å². The van der Waals surface area contributed by atoms with Crippen LogP contribution in [-0.2, 0) is 4.79 Å². The van der Waals surface area contributed by atoms with Gasteiger partial charge in [-0.25, -0.2) is 0 Å². The van der Waals surface area contributed by atoms with Crippen molar-refractivity contribution >= 4 is 5.78 Å². The van der Waals surface area contributed by atoms with E-state index in [1.54, 1.807) is 0 Å². The van der Waals surface area contributed by atoms with Gasteiger partial charge < -0.3 is 5.73 Å². The van der Waals surface area contributed by atoms with Gasteiger partial charge in [-0.3, -0.25) is 4.79 Å². The van der Waals surface area contributed by atoms with Gasteiger partial charge in [0, 0.05) is 18.4 Å². The van der Waals surface area contributed by atoms with Crippen molar-refractivity contribution in [3.05, 3.63) is 0 Å². The van der Waals surface area contributed by atoms with Crippen LogP contribution in [0.5, 0.6) is 0 Å². The first-order chi connectivity index (χ1) is 6.63. The average molecular weight is 195 g/mol. The highest BCUT2D eigenvalue weighted by molar-refractivity contribution is 5.82. The van der Waals surface area contributed by atoms with Crippen LogP contribution in [0.2, 0.25) is 0 Å². The number of rotatable bonds is 1. The van der Waals surface area contributed by atoms with Gasteiger partial charge in [0.1, 0.15) is 5.78 Å². The Labute approximate surface area is 86.2 Å². The molecule has 0 aromatic heterocycles. The number of hydrogen-bond acceptors (Lipinski definition) is 2. The fraction of sp³-hybridized carbons (Fsp3) is 0.917. The van der Waals surface area contributed by atoms with Crippen molar-refractivity contribution < 1.29 is 4.79 Å². The van der Waals surface area contributed by atoms with E-state index in [-0.39, 0.29) is 12.0 Å². The van der Waals surface area contributed by atoms with Crippen LogP contribution in [0.25, 0.3) is 0 Å². The molecule has 2 aliphatic carbocycles. The van der Waals surface area contributed by atoms with Gasteiger partial charge in [0.05, 0.1) is 0 Å². The summed E-state index contributed by atoms with van der Waals surface area (Å²) in [7, 11) is 0. The van der Waals surface area contributed by atoms with Crippen LogP contribution in [0.3, 0.4) is 0 Å². The van der Waals surface area contributed by atoms with Gasteiger partial charge in [-0.05, 0) is 38.0 Å². The molecule has 2 rings (SSSR count). The van der Waals surface area contributed by atoms with E-state index in [0.717, 1.165) is 19.3 Å². The minimum absolute atomic E-state index is 0.0558. The quantitative estimate of drug-likeness (QED) is 0.697. The van der Waals surface area contributed by atoms with Gasteiger partial charge in [-0.2, -0.15) is 0 Å². The van der Waals surface area contributed by atoms with Crippen LogP contribution in [0.1, 0.15) is 51.9 Å². The number of Topliss-reactive ketones (excluding diaryl/α,β-unsaturated/α-hetero) is 1. The molecule has 2 aliphatic rings. The smallest absolute Gasteiger partial charge is 0.137 e. The number of ketones is 1. The summed E-state index contributed by atoms with van der Waals surface area (Å²) in [4.78, 5) is 11.7. The molecule has 2 unspecified atom stereocenters. The molecule has 0 heterocycles. The van der Waals surface area contributed by atoms with Crippen LogP contribution in [0.15, 0.2) is 0 Å². The van der Waals surface area contributed by atoms with Crippen LogP contribution in [-0.4, -0.2) is 11.8 Å². The van der Waals surface area contributed by atoms with Crippen molar-refractivity contribution in [2.45, 2.75) is 57.9 Å². The Bertz CT molecular complexity index is 228. The van der Waals surface area contributed by atoms with E-state index in [1.807, 2.05) is 6.92 Å². The highest BCUT2D eigenvalue weighted by Crippen LogP contribution is 2.50. The molecule has 0 aromatic rings. The lowest BCUT2D eigenvalue weighted by atomic mass is 9.66. The van der Waals surface area contributed by atoms with Crippen LogP contribution >= 0.6 is 0 Å². The molecule has 2 nitrogen and oxygen atoms in total. The zero-order valence-corrected chi connectivity index (χ0v) is 9.09. The molecule has 2 fully saturated rings. The largest absolute Gasteiger partial charge is 0.327 e. The molecular weight excluding hydrogens is 174 g/mol. The SMILES string of the molecule is CC(N)C1CC2(CCCC2)CCC1=O. The molecule has 2 heteroatoms. The fourth-order valence-electron chi connectivity index (χ4n) is 3.31. The summed E-state index contributed by atoms with van der Waals surface area (Å²) in [5.41, 5.74) is 6.39. The van der Waals surface area contributed by atoms with Crippen LogP contribution < -0.4 is 5.73 Å². The second-order valence-corrected chi connectivity index (χ2v) is 5.34. The predicted octanol–water partition coefficient (Wildman–Crippen LogP) is 2.26. The van der Waals surface area contributed by atoms with E-state index < -0.39 is 0 Å². The summed E-state index contributed by atoms with van der Waals surface area (Å²) in [6.45, 7) is 1.98. The van der Waals surface area contributed by atoms with Crippen molar-refractivity contribution in [2.24, 2.45) is 17.1 Å². The van der Waals surface area contributed by atoms with Crippen molar-refractivity contribution in [1.82, 2.24) is 0 Å². The second-order valence-electron chi connectivity index (χ2n) is 5.34. The Morgan fingerprint density at radius 3 is 2.57 bits per heavy atom. The average Bonchev–Trinajstić information content (AvgIpc) is 2.58. The van der Waals surface area contributed by atoms with E-state index in [0.29, 0.717) is 11.2 Å². The second kappa shape index (κ2) is 3.65. The molecule has 0 amide bonds. The minimum atomic E-state index is 0.0558. The topological polar surface area (TPSA) is 43.1 Å². The van der Waals surface area contributed by atoms with Crippen LogP contribution in [0, 0.1) is 11.3 Å². The maximum Gasteiger partial charge on any atom is 0.137 e. The normalized spacial score (nSPS) is 33.6. The molecule has 2 N–H and O–H groups in total. The molecule has 1 spiro atoms. The van der Waals surface area contributed by atoms with E-state index >= 15 is 0 Å². The Morgan fingerprint density at radius 2 is 2.00 bits per heavy atom.